The largest absolute Gasteiger partial charge is 0.380 e. The third-order valence-electron chi connectivity index (χ3n) is 6.74. The topological polar surface area (TPSA) is 102 Å². The smallest absolute Gasteiger partial charge is 0.255 e. The molecule has 0 radical (unpaired) electrons. The molecule has 4 rings (SSSR count). The molecule has 3 aromatic carbocycles. The fourth-order valence-corrected chi connectivity index (χ4v) is 4.90. The first-order valence-corrected chi connectivity index (χ1v) is 13.0. The number of rotatable bonds is 8. The van der Waals surface area contributed by atoms with Crippen molar-refractivity contribution in [2.24, 2.45) is 0 Å². The number of amides is 2. The van der Waals surface area contributed by atoms with Crippen molar-refractivity contribution in [3.05, 3.63) is 112 Å². The first-order chi connectivity index (χ1) is 18.3. The van der Waals surface area contributed by atoms with Gasteiger partial charge >= 0.3 is 0 Å². The minimum absolute atomic E-state index is 0.307. The fourth-order valence-electron chi connectivity index (χ4n) is 4.71. The lowest BCUT2D eigenvalue weighted by atomic mass is 9.87. The highest BCUT2D eigenvalue weighted by molar-refractivity contribution is 6.30. The van der Waals surface area contributed by atoms with E-state index in [2.05, 4.69) is 10.6 Å². The summed E-state index contributed by atoms with van der Waals surface area (Å²) in [6.45, 7) is 3.98. The van der Waals surface area contributed by atoms with Crippen LogP contribution in [0.5, 0.6) is 0 Å². The number of nitrogens with zero attached hydrogens (tertiary/aromatic N) is 1. The number of aliphatic hydroxyl groups is 2. The Hall–Kier alpha value is -3.65. The van der Waals surface area contributed by atoms with Crippen LogP contribution in [0.3, 0.4) is 0 Å². The average Bonchev–Trinajstić information content (AvgIpc) is 2.94. The third kappa shape index (κ3) is 6.07. The van der Waals surface area contributed by atoms with Gasteiger partial charge < -0.3 is 25.7 Å². The highest BCUT2D eigenvalue weighted by Crippen LogP contribution is 2.36. The first kappa shape index (κ1) is 27.4. The quantitative estimate of drug-likeness (QED) is 0.345. The number of hydrogen-bond acceptors (Lipinski definition) is 5. The Kier molecular flexibility index (Phi) is 8.84. The molecule has 2 amide bonds. The molecule has 3 aromatic rings. The Morgan fingerprint density at radius 1 is 1.03 bits per heavy atom. The molecule has 8 heteroatoms. The lowest BCUT2D eigenvalue weighted by Crippen LogP contribution is -2.53. The first-order valence-electron chi connectivity index (χ1n) is 12.6. The van der Waals surface area contributed by atoms with E-state index < -0.39 is 36.1 Å². The van der Waals surface area contributed by atoms with E-state index in [0.29, 0.717) is 18.0 Å². The molecule has 0 saturated heterocycles. The molecule has 38 heavy (non-hydrogen) atoms. The number of benzene rings is 3. The van der Waals surface area contributed by atoms with Crippen LogP contribution in [0.2, 0.25) is 5.02 Å². The molecule has 0 saturated carbocycles. The van der Waals surface area contributed by atoms with Gasteiger partial charge in [-0.05, 0) is 73.0 Å². The van der Waals surface area contributed by atoms with Crippen molar-refractivity contribution < 1.29 is 19.8 Å². The predicted octanol–water partition coefficient (Wildman–Crippen LogP) is 4.36. The van der Waals surface area contributed by atoms with Crippen LogP contribution in [0.4, 0.5) is 5.69 Å². The molecule has 0 aromatic heterocycles. The Bertz CT molecular complexity index is 1300. The number of anilines is 1. The highest BCUT2D eigenvalue weighted by Gasteiger charge is 2.39. The summed E-state index contributed by atoms with van der Waals surface area (Å²) in [5.74, 6) is -1.54. The van der Waals surface area contributed by atoms with Gasteiger partial charge in [0.05, 0.1) is 12.1 Å². The van der Waals surface area contributed by atoms with Gasteiger partial charge in [-0.3, -0.25) is 9.59 Å². The van der Waals surface area contributed by atoms with Gasteiger partial charge in [0.2, 0.25) is 0 Å². The van der Waals surface area contributed by atoms with Gasteiger partial charge in [-0.15, -0.1) is 0 Å². The Balaban J connectivity index is 1.48. The standard InChI is InChI=1S/C30H32ClN3O4/c1-3-16-32-24-12-9-20(10-13-24)19(2)33-29(37)27(35)28(36)30(38)34-17-15-22-18-23(31)11-14-25(22)26(34)21-7-5-4-6-8-21/h3-14,16,18-19,26-28,32,35-36H,15,17H2,1-2H3,(H,33,37)/b16-3-/t19-,26?,27-,28-/m1/s1. The average molecular weight is 534 g/mol. The van der Waals surface area contributed by atoms with E-state index in [1.54, 1.807) is 13.0 Å². The summed E-state index contributed by atoms with van der Waals surface area (Å²) in [7, 11) is 0. The molecular weight excluding hydrogens is 502 g/mol. The Morgan fingerprint density at radius 3 is 2.42 bits per heavy atom. The van der Waals surface area contributed by atoms with Crippen LogP contribution >= 0.6 is 11.6 Å². The number of aliphatic hydroxyl groups excluding tert-OH is 2. The van der Waals surface area contributed by atoms with Gasteiger partial charge in [-0.2, -0.15) is 0 Å². The minimum atomic E-state index is -1.93. The van der Waals surface area contributed by atoms with Crippen LogP contribution in [0.15, 0.2) is 85.1 Å². The van der Waals surface area contributed by atoms with Crippen molar-refractivity contribution in [2.45, 2.75) is 44.6 Å². The SMILES string of the molecule is C/C=C\Nc1ccc([C@@H](C)NC(=O)[C@H](O)[C@@H](O)C(=O)N2CCc3cc(Cl)ccc3C2c2ccccc2)cc1. The molecule has 0 fully saturated rings. The van der Waals surface area contributed by atoms with Crippen molar-refractivity contribution >= 4 is 29.1 Å². The summed E-state index contributed by atoms with van der Waals surface area (Å²) in [5.41, 5.74) is 4.48. The highest BCUT2D eigenvalue weighted by atomic mass is 35.5. The summed E-state index contributed by atoms with van der Waals surface area (Å²) in [6.07, 6.45) is 0.382. The molecule has 1 aliphatic rings. The predicted molar refractivity (Wildman–Crippen MR) is 149 cm³/mol. The summed E-state index contributed by atoms with van der Waals surface area (Å²) in [4.78, 5) is 27.8. The van der Waals surface area contributed by atoms with Gasteiger partial charge in [0.1, 0.15) is 0 Å². The van der Waals surface area contributed by atoms with E-state index in [-0.39, 0.29) is 0 Å². The molecule has 0 aliphatic carbocycles. The zero-order valence-electron chi connectivity index (χ0n) is 21.3. The lowest BCUT2D eigenvalue weighted by molar-refractivity contribution is -0.155. The zero-order chi connectivity index (χ0) is 27.2. The van der Waals surface area contributed by atoms with E-state index in [0.717, 1.165) is 27.9 Å². The van der Waals surface area contributed by atoms with Crippen LogP contribution in [0.25, 0.3) is 0 Å². The van der Waals surface area contributed by atoms with Crippen LogP contribution in [0, 0.1) is 0 Å². The van der Waals surface area contributed by atoms with E-state index in [1.807, 2.05) is 85.9 Å². The van der Waals surface area contributed by atoms with Gasteiger partial charge in [-0.1, -0.05) is 66.2 Å². The second kappa shape index (κ2) is 12.3. The van der Waals surface area contributed by atoms with Gasteiger partial charge in [0, 0.05) is 17.3 Å². The zero-order valence-corrected chi connectivity index (χ0v) is 22.1. The van der Waals surface area contributed by atoms with E-state index in [4.69, 9.17) is 11.6 Å². The van der Waals surface area contributed by atoms with Gasteiger partial charge in [-0.25, -0.2) is 0 Å². The number of carbonyl (C=O) groups excluding carboxylic acids is 2. The molecule has 0 spiro atoms. The molecule has 7 nitrogen and oxygen atoms in total. The number of allylic oxidation sites excluding steroid dienone is 1. The lowest BCUT2D eigenvalue weighted by Gasteiger charge is -2.39. The molecule has 1 aliphatic heterocycles. The number of carbonyl (C=O) groups is 2. The second-order valence-electron chi connectivity index (χ2n) is 9.32. The maximum absolute atomic E-state index is 13.5. The molecule has 1 unspecified atom stereocenters. The number of halogens is 1. The van der Waals surface area contributed by atoms with Gasteiger partial charge in [0.25, 0.3) is 11.8 Å². The molecule has 4 atom stereocenters. The monoisotopic (exact) mass is 533 g/mol. The fraction of sp³-hybridized carbons (Fsp3) is 0.267. The molecule has 1 heterocycles. The number of nitrogens with one attached hydrogen (secondary N) is 2. The maximum Gasteiger partial charge on any atom is 0.255 e. The molecular formula is C30H32ClN3O4. The second-order valence-corrected chi connectivity index (χ2v) is 9.76. The van der Waals surface area contributed by atoms with E-state index in [9.17, 15) is 19.8 Å². The molecule has 0 bridgehead atoms. The Morgan fingerprint density at radius 2 is 1.74 bits per heavy atom. The third-order valence-corrected chi connectivity index (χ3v) is 6.97. The minimum Gasteiger partial charge on any atom is -0.380 e. The van der Waals surface area contributed by atoms with Crippen LogP contribution < -0.4 is 10.6 Å². The van der Waals surface area contributed by atoms with Crippen LogP contribution in [0.1, 0.15) is 48.2 Å². The Labute approximate surface area is 227 Å². The van der Waals surface area contributed by atoms with Crippen molar-refractivity contribution in [1.82, 2.24) is 10.2 Å². The van der Waals surface area contributed by atoms with Crippen LogP contribution in [-0.2, 0) is 16.0 Å². The normalized spacial score (nSPS) is 17.4. The summed E-state index contributed by atoms with van der Waals surface area (Å²) >= 11 is 6.21. The maximum atomic E-state index is 13.5. The molecule has 198 valence electrons. The van der Waals surface area contributed by atoms with Crippen molar-refractivity contribution in [2.75, 3.05) is 11.9 Å². The summed E-state index contributed by atoms with van der Waals surface area (Å²) in [6, 6.07) is 21.5. The van der Waals surface area contributed by atoms with Gasteiger partial charge in [0.15, 0.2) is 12.2 Å². The van der Waals surface area contributed by atoms with E-state index in [1.165, 1.54) is 4.90 Å². The van der Waals surface area contributed by atoms with Crippen molar-refractivity contribution in [1.29, 1.82) is 0 Å². The number of hydrogen-bond donors (Lipinski definition) is 4. The number of fused-ring (bicyclic) bond motifs is 1. The van der Waals surface area contributed by atoms with E-state index >= 15 is 0 Å². The summed E-state index contributed by atoms with van der Waals surface area (Å²) in [5, 5.41) is 27.9. The molecule has 4 N–H and O–H groups in total. The summed E-state index contributed by atoms with van der Waals surface area (Å²) < 4.78 is 0. The van der Waals surface area contributed by atoms with Crippen molar-refractivity contribution in [3.8, 4) is 0 Å². The van der Waals surface area contributed by atoms with Crippen molar-refractivity contribution in [3.63, 3.8) is 0 Å². The van der Waals surface area contributed by atoms with Crippen LogP contribution in [-0.4, -0.2) is 45.7 Å².